The third-order valence-corrected chi connectivity index (χ3v) is 3.80. The minimum atomic E-state index is -0.877. The van der Waals surface area contributed by atoms with Crippen molar-refractivity contribution in [1.82, 2.24) is 4.57 Å². The zero-order valence-electron chi connectivity index (χ0n) is 11.2. The Balaban J connectivity index is 1.98. The van der Waals surface area contributed by atoms with Gasteiger partial charge in [0.2, 0.25) is 5.82 Å². The van der Waals surface area contributed by atoms with Gasteiger partial charge in [-0.15, -0.1) is 0 Å². The highest BCUT2D eigenvalue weighted by Crippen LogP contribution is 2.22. The molecule has 21 heavy (non-hydrogen) atoms. The van der Waals surface area contributed by atoms with E-state index in [0.717, 1.165) is 42.7 Å². The minimum Gasteiger partial charge on any atom is -0.308 e. The standard InChI is InChI=1S/C15H13FN2O3/c16-12-8-10(4-6-14(12)18(20)21)9-17-13-3-1-2-11(13)5-7-15(17)19/h4-8H,1-3,9H2. The zero-order valence-corrected chi connectivity index (χ0v) is 11.2. The van der Waals surface area contributed by atoms with Crippen LogP contribution in [0.25, 0.3) is 0 Å². The maximum Gasteiger partial charge on any atom is 0.304 e. The van der Waals surface area contributed by atoms with Crippen LogP contribution < -0.4 is 5.56 Å². The monoisotopic (exact) mass is 288 g/mol. The van der Waals surface area contributed by atoms with Crippen LogP contribution >= 0.6 is 0 Å². The summed E-state index contributed by atoms with van der Waals surface area (Å²) in [6.45, 7) is 0.233. The highest BCUT2D eigenvalue weighted by molar-refractivity contribution is 5.35. The SMILES string of the molecule is O=c1ccc2c(n1Cc1ccc([N+](=O)[O-])c(F)c1)CCC2. The summed E-state index contributed by atoms with van der Waals surface area (Å²) in [5, 5.41) is 10.6. The molecule has 0 N–H and O–H groups in total. The van der Waals surface area contributed by atoms with E-state index in [4.69, 9.17) is 0 Å². The van der Waals surface area contributed by atoms with Crippen LogP contribution in [0, 0.1) is 15.9 Å². The van der Waals surface area contributed by atoms with Gasteiger partial charge in [-0.1, -0.05) is 12.1 Å². The zero-order chi connectivity index (χ0) is 15.0. The van der Waals surface area contributed by atoms with Gasteiger partial charge in [0.15, 0.2) is 0 Å². The molecular weight excluding hydrogens is 275 g/mol. The van der Waals surface area contributed by atoms with Crippen LogP contribution in [0.4, 0.5) is 10.1 Å². The average Bonchev–Trinajstić information content (AvgIpc) is 2.90. The molecule has 0 radical (unpaired) electrons. The van der Waals surface area contributed by atoms with Crippen LogP contribution in [-0.2, 0) is 19.4 Å². The van der Waals surface area contributed by atoms with E-state index in [2.05, 4.69) is 0 Å². The summed E-state index contributed by atoms with van der Waals surface area (Å²) < 4.78 is 15.3. The summed E-state index contributed by atoms with van der Waals surface area (Å²) in [4.78, 5) is 21.9. The summed E-state index contributed by atoms with van der Waals surface area (Å²) in [5.74, 6) is -0.877. The number of aromatic nitrogens is 1. The van der Waals surface area contributed by atoms with Gasteiger partial charge in [0.05, 0.1) is 11.5 Å². The third kappa shape index (κ3) is 2.44. The number of halogens is 1. The normalized spacial score (nSPS) is 13.2. The fourth-order valence-electron chi connectivity index (χ4n) is 2.79. The van der Waals surface area contributed by atoms with Gasteiger partial charge in [0.1, 0.15) is 0 Å². The van der Waals surface area contributed by atoms with E-state index in [0.29, 0.717) is 5.56 Å². The number of hydrogen-bond donors (Lipinski definition) is 0. The van der Waals surface area contributed by atoms with Crippen LogP contribution in [-0.4, -0.2) is 9.49 Å². The highest BCUT2D eigenvalue weighted by Gasteiger charge is 2.18. The summed E-state index contributed by atoms with van der Waals surface area (Å²) in [6, 6.07) is 7.11. The first kappa shape index (κ1) is 13.5. The van der Waals surface area contributed by atoms with Crippen molar-refractivity contribution >= 4 is 5.69 Å². The predicted molar refractivity (Wildman–Crippen MR) is 74.9 cm³/mol. The van der Waals surface area contributed by atoms with E-state index in [-0.39, 0.29) is 12.1 Å². The van der Waals surface area contributed by atoms with Gasteiger partial charge in [-0.2, -0.15) is 4.39 Å². The fraction of sp³-hybridized carbons (Fsp3) is 0.267. The van der Waals surface area contributed by atoms with Crippen molar-refractivity contribution in [3.05, 3.63) is 73.4 Å². The first-order valence-electron chi connectivity index (χ1n) is 6.70. The Morgan fingerprint density at radius 3 is 2.76 bits per heavy atom. The van der Waals surface area contributed by atoms with Crippen molar-refractivity contribution in [1.29, 1.82) is 0 Å². The molecule has 5 nitrogen and oxygen atoms in total. The Hall–Kier alpha value is -2.50. The molecule has 0 saturated carbocycles. The molecule has 0 amide bonds. The molecule has 0 unspecified atom stereocenters. The molecule has 0 atom stereocenters. The van der Waals surface area contributed by atoms with E-state index >= 15 is 0 Å². The molecule has 1 aliphatic rings. The Kier molecular flexibility index (Phi) is 3.29. The first-order valence-corrected chi connectivity index (χ1v) is 6.70. The molecular formula is C15H13FN2O3. The smallest absolute Gasteiger partial charge is 0.304 e. The van der Waals surface area contributed by atoms with E-state index < -0.39 is 16.4 Å². The second-order valence-electron chi connectivity index (χ2n) is 5.13. The maximum atomic E-state index is 13.6. The molecule has 0 aliphatic heterocycles. The minimum absolute atomic E-state index is 0.130. The molecule has 0 fully saturated rings. The topological polar surface area (TPSA) is 65.1 Å². The Morgan fingerprint density at radius 1 is 1.24 bits per heavy atom. The molecule has 1 aliphatic carbocycles. The summed E-state index contributed by atoms with van der Waals surface area (Å²) in [7, 11) is 0. The number of benzene rings is 1. The van der Waals surface area contributed by atoms with E-state index in [1.807, 2.05) is 6.07 Å². The second kappa shape index (κ2) is 5.12. The lowest BCUT2D eigenvalue weighted by Gasteiger charge is -2.12. The number of pyridine rings is 1. The second-order valence-corrected chi connectivity index (χ2v) is 5.13. The van der Waals surface area contributed by atoms with Crippen molar-refractivity contribution < 1.29 is 9.31 Å². The molecule has 6 heteroatoms. The summed E-state index contributed by atoms with van der Waals surface area (Å²) in [6.07, 6.45) is 2.79. The van der Waals surface area contributed by atoms with Crippen molar-refractivity contribution in [2.75, 3.05) is 0 Å². The number of fused-ring (bicyclic) bond motifs is 1. The number of nitrogens with zero attached hydrogens (tertiary/aromatic N) is 2. The van der Waals surface area contributed by atoms with Crippen LogP contribution in [0.5, 0.6) is 0 Å². The molecule has 0 bridgehead atoms. The van der Waals surface area contributed by atoms with Gasteiger partial charge in [-0.05, 0) is 36.5 Å². The van der Waals surface area contributed by atoms with E-state index in [1.54, 1.807) is 4.57 Å². The van der Waals surface area contributed by atoms with Crippen LogP contribution in [0.15, 0.2) is 35.1 Å². The van der Waals surface area contributed by atoms with Gasteiger partial charge in [-0.3, -0.25) is 14.9 Å². The molecule has 0 saturated heterocycles. The molecule has 1 aromatic heterocycles. The van der Waals surface area contributed by atoms with Gasteiger partial charge in [0, 0.05) is 17.8 Å². The molecule has 108 valence electrons. The van der Waals surface area contributed by atoms with E-state index in [1.165, 1.54) is 12.1 Å². The summed E-state index contributed by atoms with van der Waals surface area (Å²) >= 11 is 0. The van der Waals surface area contributed by atoms with Gasteiger partial charge in [0.25, 0.3) is 5.56 Å². The summed E-state index contributed by atoms with van der Waals surface area (Å²) in [5.41, 5.74) is 2.00. The number of rotatable bonds is 3. The Labute approximate surface area is 119 Å². The van der Waals surface area contributed by atoms with Crippen molar-refractivity contribution in [2.45, 2.75) is 25.8 Å². The Morgan fingerprint density at radius 2 is 2.05 bits per heavy atom. The molecule has 3 rings (SSSR count). The lowest BCUT2D eigenvalue weighted by atomic mass is 10.1. The number of aryl methyl sites for hydroxylation is 1. The van der Waals surface area contributed by atoms with Crippen LogP contribution in [0.3, 0.4) is 0 Å². The lowest BCUT2D eigenvalue weighted by Crippen LogP contribution is -2.23. The first-order chi connectivity index (χ1) is 10.1. The average molecular weight is 288 g/mol. The molecule has 0 spiro atoms. The Bertz CT molecular complexity index is 783. The van der Waals surface area contributed by atoms with Crippen LogP contribution in [0.2, 0.25) is 0 Å². The molecule has 2 aromatic rings. The number of nitro groups is 1. The molecule has 1 aromatic carbocycles. The fourth-order valence-corrected chi connectivity index (χ4v) is 2.79. The van der Waals surface area contributed by atoms with Crippen molar-refractivity contribution in [3.8, 4) is 0 Å². The number of hydrogen-bond acceptors (Lipinski definition) is 3. The third-order valence-electron chi connectivity index (χ3n) is 3.80. The number of nitro benzene ring substituents is 1. The van der Waals surface area contributed by atoms with Gasteiger partial charge >= 0.3 is 5.69 Å². The maximum absolute atomic E-state index is 13.6. The predicted octanol–water partition coefficient (Wildman–Crippen LogP) is 2.43. The largest absolute Gasteiger partial charge is 0.308 e. The molecule has 1 heterocycles. The van der Waals surface area contributed by atoms with Crippen molar-refractivity contribution in [3.63, 3.8) is 0 Å². The van der Waals surface area contributed by atoms with E-state index in [9.17, 15) is 19.3 Å². The van der Waals surface area contributed by atoms with Gasteiger partial charge in [-0.25, -0.2) is 0 Å². The van der Waals surface area contributed by atoms with Crippen LogP contribution in [0.1, 0.15) is 23.2 Å². The van der Waals surface area contributed by atoms with Crippen molar-refractivity contribution in [2.24, 2.45) is 0 Å². The quantitative estimate of drug-likeness (QED) is 0.643. The highest BCUT2D eigenvalue weighted by atomic mass is 19.1. The lowest BCUT2D eigenvalue weighted by molar-refractivity contribution is -0.387. The van der Waals surface area contributed by atoms with Gasteiger partial charge < -0.3 is 4.57 Å².